The van der Waals surface area contributed by atoms with Gasteiger partial charge in [0.05, 0.1) is 12.5 Å². The Morgan fingerprint density at radius 3 is 2.54 bits per heavy atom. The zero-order valence-electron chi connectivity index (χ0n) is 16.9. The summed E-state index contributed by atoms with van der Waals surface area (Å²) in [5.74, 6) is -1.11. The second-order valence-corrected chi connectivity index (χ2v) is 7.24. The monoisotopic (exact) mass is 395 g/mol. The number of guanidine groups is 1. The molecule has 0 spiro atoms. The number of aliphatic imine (C=N–C) groups is 1. The van der Waals surface area contributed by atoms with Crippen molar-refractivity contribution in [2.24, 2.45) is 10.9 Å². The van der Waals surface area contributed by atoms with Gasteiger partial charge in [-0.3, -0.25) is 9.79 Å². The lowest BCUT2D eigenvalue weighted by Gasteiger charge is -2.29. The van der Waals surface area contributed by atoms with Gasteiger partial charge in [0, 0.05) is 25.0 Å². The molecule has 0 bridgehead atoms. The van der Waals surface area contributed by atoms with Crippen molar-refractivity contribution in [3.63, 3.8) is 0 Å². The van der Waals surface area contributed by atoms with Gasteiger partial charge in [-0.1, -0.05) is 13.0 Å². The molecule has 0 aliphatic heterocycles. The van der Waals surface area contributed by atoms with Crippen LogP contribution in [0.3, 0.4) is 0 Å². The summed E-state index contributed by atoms with van der Waals surface area (Å²) in [5, 5.41) is 6.65. The molecule has 0 amide bonds. The second-order valence-electron chi connectivity index (χ2n) is 7.24. The Bertz CT molecular complexity index is 674. The maximum atomic E-state index is 13.4. The van der Waals surface area contributed by atoms with Gasteiger partial charge in [-0.05, 0) is 57.2 Å². The topological polar surface area (TPSA) is 62.7 Å². The molecular weight excluding hydrogens is 364 g/mol. The zero-order valence-corrected chi connectivity index (χ0v) is 16.9. The van der Waals surface area contributed by atoms with Crippen molar-refractivity contribution in [1.29, 1.82) is 0 Å². The quantitative estimate of drug-likeness (QED) is 0.419. The van der Waals surface area contributed by atoms with Crippen LogP contribution < -0.4 is 10.6 Å². The van der Waals surface area contributed by atoms with Crippen LogP contribution in [-0.4, -0.2) is 37.7 Å². The van der Waals surface area contributed by atoms with Crippen LogP contribution in [0.25, 0.3) is 0 Å². The summed E-state index contributed by atoms with van der Waals surface area (Å²) in [5.41, 5.74) is 0.716. The Labute approximate surface area is 166 Å². The molecule has 156 valence electrons. The third-order valence-electron chi connectivity index (χ3n) is 5.07. The number of carbonyl (C=O) groups is 1. The highest BCUT2D eigenvalue weighted by atomic mass is 19.2. The van der Waals surface area contributed by atoms with Gasteiger partial charge >= 0.3 is 5.97 Å². The van der Waals surface area contributed by atoms with Crippen molar-refractivity contribution in [2.75, 3.05) is 19.7 Å². The summed E-state index contributed by atoms with van der Waals surface area (Å²) in [6, 6.07) is 4.22. The first-order valence-corrected chi connectivity index (χ1v) is 10.1. The molecule has 5 nitrogen and oxygen atoms in total. The van der Waals surface area contributed by atoms with E-state index in [0.29, 0.717) is 24.7 Å². The van der Waals surface area contributed by atoms with Crippen LogP contribution in [-0.2, 0) is 9.53 Å². The van der Waals surface area contributed by atoms with Gasteiger partial charge in [0.15, 0.2) is 17.6 Å². The van der Waals surface area contributed by atoms with E-state index in [2.05, 4.69) is 15.6 Å². The van der Waals surface area contributed by atoms with Gasteiger partial charge < -0.3 is 15.4 Å². The van der Waals surface area contributed by atoms with Crippen molar-refractivity contribution < 1.29 is 18.3 Å². The molecule has 0 heterocycles. The van der Waals surface area contributed by atoms with Gasteiger partial charge in [-0.15, -0.1) is 0 Å². The minimum atomic E-state index is -0.840. The molecule has 7 heteroatoms. The van der Waals surface area contributed by atoms with Crippen LogP contribution in [0.1, 0.15) is 57.9 Å². The highest BCUT2D eigenvalue weighted by Crippen LogP contribution is 2.25. The molecule has 1 aromatic rings. The van der Waals surface area contributed by atoms with Gasteiger partial charge in [0.25, 0.3) is 0 Å². The smallest absolute Gasteiger partial charge is 0.308 e. The number of carbonyl (C=O) groups excluding carboxylic acids is 1. The lowest BCUT2D eigenvalue weighted by atomic mass is 9.86. The average molecular weight is 395 g/mol. The Kier molecular flexibility index (Phi) is 8.67. The fourth-order valence-corrected chi connectivity index (χ4v) is 3.40. The standard InChI is InChI=1S/C21H31F2N3O2/c1-4-24-21(25-13-14(3)16-8-11-18(22)19(23)12-16)26-17-9-6-15(7-10-17)20(27)28-5-2/h8,11-12,14-15,17H,4-7,9-10,13H2,1-3H3,(H2,24,25,26). The minimum absolute atomic E-state index is 0.00841. The molecule has 2 rings (SSSR count). The molecule has 1 atom stereocenters. The highest BCUT2D eigenvalue weighted by molar-refractivity contribution is 5.80. The summed E-state index contributed by atoms with van der Waals surface area (Å²) in [7, 11) is 0. The number of rotatable bonds is 7. The van der Waals surface area contributed by atoms with E-state index in [-0.39, 0.29) is 23.8 Å². The molecule has 0 aromatic heterocycles. The van der Waals surface area contributed by atoms with Crippen molar-refractivity contribution in [1.82, 2.24) is 10.6 Å². The van der Waals surface area contributed by atoms with E-state index < -0.39 is 11.6 Å². The second kappa shape index (κ2) is 11.0. The number of nitrogens with one attached hydrogen (secondary N) is 2. The van der Waals surface area contributed by atoms with Gasteiger partial charge in [0.1, 0.15) is 0 Å². The number of benzene rings is 1. The fraction of sp³-hybridized carbons (Fsp3) is 0.619. The average Bonchev–Trinajstić information content (AvgIpc) is 2.69. The van der Waals surface area contributed by atoms with E-state index in [1.54, 1.807) is 6.07 Å². The molecule has 28 heavy (non-hydrogen) atoms. The number of ether oxygens (including phenoxy) is 1. The largest absolute Gasteiger partial charge is 0.466 e. The van der Waals surface area contributed by atoms with E-state index in [9.17, 15) is 13.6 Å². The van der Waals surface area contributed by atoms with Gasteiger partial charge in [-0.25, -0.2) is 8.78 Å². The number of halogens is 2. The molecule has 1 aliphatic rings. The molecule has 1 fully saturated rings. The third-order valence-corrected chi connectivity index (χ3v) is 5.07. The number of hydrogen-bond donors (Lipinski definition) is 2. The SMILES string of the molecule is CCNC(=NCC(C)c1ccc(F)c(F)c1)NC1CCC(C(=O)OCC)CC1. The van der Waals surface area contributed by atoms with E-state index in [1.165, 1.54) is 6.07 Å². The van der Waals surface area contributed by atoms with Crippen LogP contribution in [0.5, 0.6) is 0 Å². The number of nitrogens with zero attached hydrogens (tertiary/aromatic N) is 1. The summed E-state index contributed by atoms with van der Waals surface area (Å²) >= 11 is 0. The maximum Gasteiger partial charge on any atom is 0.308 e. The number of esters is 1. The van der Waals surface area contributed by atoms with Gasteiger partial charge in [0.2, 0.25) is 0 Å². The highest BCUT2D eigenvalue weighted by Gasteiger charge is 2.27. The molecular formula is C21H31F2N3O2. The summed E-state index contributed by atoms with van der Waals surface area (Å²) < 4.78 is 31.7. The van der Waals surface area contributed by atoms with Crippen molar-refractivity contribution in [2.45, 2.75) is 58.4 Å². The normalized spacial score (nSPS) is 21.1. The first-order chi connectivity index (χ1) is 13.4. The zero-order chi connectivity index (χ0) is 20.5. The third kappa shape index (κ3) is 6.46. The fourth-order valence-electron chi connectivity index (χ4n) is 3.40. The van der Waals surface area contributed by atoms with Crippen LogP contribution in [0.4, 0.5) is 8.78 Å². The van der Waals surface area contributed by atoms with E-state index >= 15 is 0 Å². The first kappa shape index (κ1) is 22.1. The van der Waals surface area contributed by atoms with Crippen molar-refractivity contribution in [3.05, 3.63) is 35.4 Å². The minimum Gasteiger partial charge on any atom is -0.466 e. The molecule has 1 saturated carbocycles. The van der Waals surface area contributed by atoms with E-state index in [4.69, 9.17) is 4.74 Å². The summed E-state index contributed by atoms with van der Waals surface area (Å²) in [6.45, 7) is 7.36. The Hall–Kier alpha value is -2.18. The van der Waals surface area contributed by atoms with Crippen LogP contribution >= 0.6 is 0 Å². The van der Waals surface area contributed by atoms with E-state index in [1.807, 2.05) is 20.8 Å². The summed E-state index contributed by atoms with van der Waals surface area (Å²) in [6.07, 6.45) is 3.38. The van der Waals surface area contributed by atoms with E-state index in [0.717, 1.165) is 38.3 Å². The molecule has 1 aliphatic carbocycles. The van der Waals surface area contributed by atoms with Crippen LogP contribution in [0.2, 0.25) is 0 Å². The molecule has 0 saturated heterocycles. The van der Waals surface area contributed by atoms with Crippen LogP contribution in [0, 0.1) is 17.6 Å². The van der Waals surface area contributed by atoms with Crippen molar-refractivity contribution >= 4 is 11.9 Å². The predicted molar refractivity (Wildman–Crippen MR) is 106 cm³/mol. The molecule has 1 unspecified atom stereocenters. The Balaban J connectivity index is 1.90. The maximum absolute atomic E-state index is 13.4. The Morgan fingerprint density at radius 1 is 1.21 bits per heavy atom. The van der Waals surface area contributed by atoms with Crippen molar-refractivity contribution in [3.8, 4) is 0 Å². The Morgan fingerprint density at radius 2 is 1.93 bits per heavy atom. The summed E-state index contributed by atoms with van der Waals surface area (Å²) in [4.78, 5) is 16.5. The van der Waals surface area contributed by atoms with Gasteiger partial charge in [-0.2, -0.15) is 0 Å². The molecule has 2 N–H and O–H groups in total. The van der Waals surface area contributed by atoms with Crippen LogP contribution in [0.15, 0.2) is 23.2 Å². The molecule has 1 aromatic carbocycles. The first-order valence-electron chi connectivity index (χ1n) is 10.1. The lowest BCUT2D eigenvalue weighted by Crippen LogP contribution is -2.45. The molecule has 0 radical (unpaired) electrons. The predicted octanol–water partition coefficient (Wildman–Crippen LogP) is 3.75. The lowest BCUT2D eigenvalue weighted by molar-refractivity contribution is -0.149. The number of hydrogen-bond acceptors (Lipinski definition) is 3.